The zero-order valence-corrected chi connectivity index (χ0v) is 15.6. The molecule has 3 heterocycles. The SMILES string of the molecule is Cl.O=C(NCc1ccc(-n2cncn2)cc1)c1ccn(C2CCCNC2)n1. The largest absolute Gasteiger partial charge is 0.347 e. The predicted octanol–water partition coefficient (Wildman–Crippen LogP) is 1.74. The van der Waals surface area contributed by atoms with Crippen molar-refractivity contribution < 1.29 is 4.79 Å². The van der Waals surface area contributed by atoms with E-state index in [4.69, 9.17) is 0 Å². The van der Waals surface area contributed by atoms with E-state index in [0.717, 1.165) is 37.2 Å². The predicted molar refractivity (Wildman–Crippen MR) is 103 cm³/mol. The number of carbonyl (C=O) groups is 1. The van der Waals surface area contributed by atoms with Crippen LogP contribution < -0.4 is 10.6 Å². The van der Waals surface area contributed by atoms with Gasteiger partial charge in [-0.25, -0.2) is 9.67 Å². The summed E-state index contributed by atoms with van der Waals surface area (Å²) in [6.07, 6.45) is 7.26. The molecule has 3 aromatic rings. The van der Waals surface area contributed by atoms with Gasteiger partial charge in [-0.15, -0.1) is 12.4 Å². The van der Waals surface area contributed by atoms with Crippen LogP contribution in [0.25, 0.3) is 5.69 Å². The Morgan fingerprint density at radius 2 is 2.11 bits per heavy atom. The van der Waals surface area contributed by atoms with Gasteiger partial charge in [0.2, 0.25) is 0 Å². The van der Waals surface area contributed by atoms with E-state index in [-0.39, 0.29) is 18.3 Å². The van der Waals surface area contributed by atoms with Crippen LogP contribution in [-0.2, 0) is 6.54 Å². The molecule has 1 aromatic carbocycles. The summed E-state index contributed by atoms with van der Waals surface area (Å²) >= 11 is 0. The minimum atomic E-state index is -0.159. The molecular weight excluding hydrogens is 366 g/mol. The van der Waals surface area contributed by atoms with Gasteiger partial charge >= 0.3 is 0 Å². The topological polar surface area (TPSA) is 89.7 Å². The highest BCUT2D eigenvalue weighted by Crippen LogP contribution is 2.15. The van der Waals surface area contributed by atoms with Crippen LogP contribution >= 0.6 is 12.4 Å². The first kappa shape index (κ1) is 19.1. The van der Waals surface area contributed by atoms with Crippen molar-refractivity contribution in [3.8, 4) is 5.69 Å². The molecule has 1 saturated heterocycles. The van der Waals surface area contributed by atoms with Gasteiger partial charge in [-0.05, 0) is 43.1 Å². The molecule has 1 atom stereocenters. The zero-order valence-electron chi connectivity index (χ0n) is 14.8. The third-order valence-electron chi connectivity index (χ3n) is 4.56. The van der Waals surface area contributed by atoms with Crippen molar-refractivity contribution in [2.24, 2.45) is 0 Å². The average molecular weight is 388 g/mol. The highest BCUT2D eigenvalue weighted by atomic mass is 35.5. The third kappa shape index (κ3) is 4.53. The summed E-state index contributed by atoms with van der Waals surface area (Å²) in [6.45, 7) is 2.41. The van der Waals surface area contributed by atoms with Crippen LogP contribution in [0.4, 0.5) is 0 Å². The number of halogens is 1. The number of aromatic nitrogens is 5. The van der Waals surface area contributed by atoms with E-state index in [9.17, 15) is 4.79 Å². The molecule has 0 radical (unpaired) electrons. The molecule has 0 bridgehead atoms. The second kappa shape index (κ2) is 8.79. The molecule has 27 heavy (non-hydrogen) atoms. The van der Waals surface area contributed by atoms with Crippen LogP contribution in [0.1, 0.15) is 34.9 Å². The van der Waals surface area contributed by atoms with Crippen LogP contribution in [0.3, 0.4) is 0 Å². The van der Waals surface area contributed by atoms with Gasteiger partial charge < -0.3 is 10.6 Å². The fourth-order valence-electron chi connectivity index (χ4n) is 3.10. The molecule has 0 saturated carbocycles. The number of nitrogens with one attached hydrogen (secondary N) is 2. The summed E-state index contributed by atoms with van der Waals surface area (Å²) in [5.74, 6) is -0.159. The van der Waals surface area contributed by atoms with Crippen LogP contribution in [0.5, 0.6) is 0 Å². The standard InChI is InChI=1S/C18H21N7O.ClH/c26-18(17-7-9-24(23-17)16-2-1-8-19-11-16)21-10-14-3-5-15(6-4-14)25-13-20-12-22-25;/h3-7,9,12-13,16,19H,1-2,8,10-11H2,(H,21,26);1H. The second-order valence-electron chi connectivity index (χ2n) is 6.37. The Kier molecular flexibility index (Phi) is 6.20. The molecule has 2 aromatic heterocycles. The number of piperidine rings is 1. The molecule has 9 heteroatoms. The number of nitrogens with zero attached hydrogens (tertiary/aromatic N) is 5. The third-order valence-corrected chi connectivity index (χ3v) is 4.56. The molecule has 2 N–H and O–H groups in total. The Labute approximate surface area is 163 Å². The smallest absolute Gasteiger partial charge is 0.272 e. The molecule has 8 nitrogen and oxygen atoms in total. The van der Waals surface area contributed by atoms with Crippen molar-refractivity contribution in [1.29, 1.82) is 0 Å². The van der Waals surface area contributed by atoms with Crippen LogP contribution in [0.2, 0.25) is 0 Å². The van der Waals surface area contributed by atoms with Crippen LogP contribution in [0, 0.1) is 0 Å². The second-order valence-corrected chi connectivity index (χ2v) is 6.37. The molecule has 4 rings (SSSR count). The van der Waals surface area contributed by atoms with E-state index in [0.29, 0.717) is 18.3 Å². The van der Waals surface area contributed by atoms with Gasteiger partial charge in [-0.1, -0.05) is 12.1 Å². The first-order valence-electron chi connectivity index (χ1n) is 8.77. The van der Waals surface area contributed by atoms with Crippen molar-refractivity contribution in [3.63, 3.8) is 0 Å². The Hall–Kier alpha value is -2.71. The van der Waals surface area contributed by atoms with Crippen molar-refractivity contribution in [2.45, 2.75) is 25.4 Å². The monoisotopic (exact) mass is 387 g/mol. The average Bonchev–Trinajstić information content (AvgIpc) is 3.39. The highest BCUT2D eigenvalue weighted by Gasteiger charge is 2.17. The highest BCUT2D eigenvalue weighted by molar-refractivity contribution is 5.92. The molecule has 1 fully saturated rings. The lowest BCUT2D eigenvalue weighted by atomic mass is 10.1. The molecule has 1 aliphatic rings. The van der Waals surface area contributed by atoms with E-state index in [1.54, 1.807) is 17.1 Å². The molecule has 1 aliphatic heterocycles. The Morgan fingerprint density at radius 3 is 2.81 bits per heavy atom. The van der Waals surface area contributed by atoms with Gasteiger partial charge in [-0.2, -0.15) is 10.2 Å². The summed E-state index contributed by atoms with van der Waals surface area (Å²) in [5, 5.41) is 14.8. The summed E-state index contributed by atoms with van der Waals surface area (Å²) < 4.78 is 3.59. The molecular formula is C18H22ClN7O. The Morgan fingerprint density at radius 1 is 1.26 bits per heavy atom. The lowest BCUT2D eigenvalue weighted by molar-refractivity contribution is 0.0944. The van der Waals surface area contributed by atoms with Crippen molar-refractivity contribution in [3.05, 3.63) is 60.4 Å². The molecule has 0 aliphatic carbocycles. The van der Waals surface area contributed by atoms with E-state index in [2.05, 4.69) is 25.8 Å². The fourth-order valence-corrected chi connectivity index (χ4v) is 3.10. The lowest BCUT2D eigenvalue weighted by Crippen LogP contribution is -2.32. The molecule has 1 unspecified atom stereocenters. The van der Waals surface area contributed by atoms with Gasteiger partial charge in [0, 0.05) is 19.3 Å². The van der Waals surface area contributed by atoms with E-state index < -0.39 is 0 Å². The van der Waals surface area contributed by atoms with Crippen molar-refractivity contribution in [2.75, 3.05) is 13.1 Å². The minimum absolute atomic E-state index is 0. The molecule has 142 valence electrons. The lowest BCUT2D eigenvalue weighted by Gasteiger charge is -2.22. The van der Waals surface area contributed by atoms with E-state index in [1.165, 1.54) is 6.33 Å². The number of hydrogen-bond acceptors (Lipinski definition) is 5. The first-order chi connectivity index (χ1) is 12.8. The van der Waals surface area contributed by atoms with Crippen molar-refractivity contribution >= 4 is 18.3 Å². The number of hydrogen-bond donors (Lipinski definition) is 2. The van der Waals surface area contributed by atoms with Gasteiger partial charge in [0.05, 0.1) is 11.7 Å². The van der Waals surface area contributed by atoms with Gasteiger partial charge in [0.1, 0.15) is 18.3 Å². The number of rotatable bonds is 5. The quantitative estimate of drug-likeness (QED) is 0.696. The summed E-state index contributed by atoms with van der Waals surface area (Å²) in [5.41, 5.74) is 2.39. The fraction of sp³-hybridized carbons (Fsp3) is 0.333. The maximum Gasteiger partial charge on any atom is 0.272 e. The molecule has 0 spiro atoms. The van der Waals surface area contributed by atoms with Gasteiger partial charge in [-0.3, -0.25) is 9.48 Å². The number of amides is 1. The Bertz CT molecular complexity index is 854. The normalized spacial score (nSPS) is 16.5. The number of carbonyl (C=O) groups excluding carboxylic acids is 1. The summed E-state index contributed by atoms with van der Waals surface area (Å²) in [4.78, 5) is 16.3. The van der Waals surface area contributed by atoms with Gasteiger partial charge in [0.25, 0.3) is 5.91 Å². The summed E-state index contributed by atoms with van der Waals surface area (Å²) in [6, 6.07) is 9.92. The van der Waals surface area contributed by atoms with Gasteiger partial charge in [0.15, 0.2) is 0 Å². The van der Waals surface area contributed by atoms with Crippen molar-refractivity contribution in [1.82, 2.24) is 35.2 Å². The zero-order chi connectivity index (χ0) is 17.8. The van der Waals surface area contributed by atoms with E-state index in [1.807, 2.05) is 35.1 Å². The van der Waals surface area contributed by atoms with Crippen LogP contribution in [0.15, 0.2) is 49.2 Å². The van der Waals surface area contributed by atoms with E-state index >= 15 is 0 Å². The number of benzene rings is 1. The minimum Gasteiger partial charge on any atom is -0.347 e. The first-order valence-corrected chi connectivity index (χ1v) is 8.77. The Balaban J connectivity index is 0.00000210. The van der Waals surface area contributed by atoms with Crippen LogP contribution in [-0.4, -0.2) is 43.5 Å². The summed E-state index contributed by atoms with van der Waals surface area (Å²) in [7, 11) is 0. The maximum atomic E-state index is 12.3. The maximum absolute atomic E-state index is 12.3. The molecule has 1 amide bonds.